The maximum absolute atomic E-state index is 15.0. The van der Waals surface area contributed by atoms with Gasteiger partial charge in [0.05, 0.1) is 23.8 Å². The monoisotopic (exact) mass is 530 g/mol. The summed E-state index contributed by atoms with van der Waals surface area (Å²) in [7, 11) is 0. The number of aliphatic hydroxyl groups is 1. The Labute approximate surface area is 218 Å². The Hall–Kier alpha value is -3.37. The zero-order chi connectivity index (χ0) is 26.5. The van der Waals surface area contributed by atoms with Crippen LogP contribution in [0.15, 0.2) is 30.9 Å². The van der Waals surface area contributed by atoms with Crippen molar-refractivity contribution in [2.75, 3.05) is 44.3 Å². The summed E-state index contributed by atoms with van der Waals surface area (Å²) in [6.07, 6.45) is 2.64. The first-order valence-electron chi connectivity index (χ1n) is 12.1. The third kappa shape index (κ3) is 4.08. The summed E-state index contributed by atoms with van der Waals surface area (Å²) in [5.41, 5.74) is -0.863. The smallest absolute Gasteiger partial charge is 0.261 e. The van der Waals surface area contributed by atoms with E-state index in [4.69, 9.17) is 16.3 Å². The van der Waals surface area contributed by atoms with Crippen LogP contribution in [0.2, 0.25) is 5.02 Å². The summed E-state index contributed by atoms with van der Waals surface area (Å²) in [6, 6.07) is 3.43. The van der Waals surface area contributed by atoms with E-state index in [1.807, 2.05) is 11.8 Å². The number of rotatable bonds is 4. The Morgan fingerprint density at radius 3 is 2.84 bits per heavy atom. The maximum Gasteiger partial charge on any atom is 0.261 e. The number of pyridine rings is 1. The van der Waals surface area contributed by atoms with Crippen LogP contribution < -0.4 is 9.64 Å². The van der Waals surface area contributed by atoms with E-state index in [-0.39, 0.29) is 77.3 Å². The number of aromatic nitrogens is 1. The van der Waals surface area contributed by atoms with Crippen LogP contribution in [0.1, 0.15) is 30.1 Å². The topological polar surface area (TPSA) is 106 Å². The van der Waals surface area contributed by atoms with Crippen molar-refractivity contribution >= 4 is 29.2 Å². The first-order valence-corrected chi connectivity index (χ1v) is 12.5. The molecule has 3 aliphatic heterocycles. The molecule has 0 radical (unpaired) electrons. The number of amides is 2. The minimum Gasteiger partial charge on any atom is -0.507 e. The van der Waals surface area contributed by atoms with Crippen molar-refractivity contribution in [3.05, 3.63) is 47.3 Å². The van der Waals surface area contributed by atoms with Gasteiger partial charge < -0.3 is 29.6 Å². The molecule has 37 heavy (non-hydrogen) atoms. The molecule has 9 nitrogen and oxygen atoms in total. The van der Waals surface area contributed by atoms with Gasteiger partial charge in [-0.25, -0.2) is 9.37 Å². The normalized spacial score (nSPS) is 23.3. The molecule has 2 fully saturated rings. The van der Waals surface area contributed by atoms with Gasteiger partial charge >= 0.3 is 0 Å². The minimum absolute atomic E-state index is 0.0394. The zero-order valence-corrected chi connectivity index (χ0v) is 21.2. The molecule has 1 unspecified atom stereocenters. The Morgan fingerprint density at radius 2 is 2.14 bits per heavy atom. The van der Waals surface area contributed by atoms with Crippen molar-refractivity contribution < 1.29 is 28.9 Å². The molecule has 5 rings (SSSR count). The lowest BCUT2D eigenvalue weighted by Gasteiger charge is -2.40. The van der Waals surface area contributed by atoms with Gasteiger partial charge in [-0.05, 0) is 38.0 Å². The van der Waals surface area contributed by atoms with Crippen LogP contribution in [0.4, 0.5) is 10.2 Å². The molecule has 1 aromatic carbocycles. The lowest BCUT2D eigenvalue weighted by Crippen LogP contribution is -2.57. The SMILES string of the molecule is C=CC(=O)N1CCN2C(=O)c3c(N4CCC[C@@]4(C)CO)nc(-c4c(O)cccc4F)c(Cl)c3OCC2C1. The lowest BCUT2D eigenvalue weighted by atomic mass is 9.99. The molecule has 3 aliphatic rings. The highest BCUT2D eigenvalue weighted by Gasteiger charge is 2.44. The van der Waals surface area contributed by atoms with Gasteiger partial charge in [0.15, 0.2) is 5.75 Å². The van der Waals surface area contributed by atoms with E-state index in [1.165, 1.54) is 24.3 Å². The highest BCUT2D eigenvalue weighted by atomic mass is 35.5. The number of ether oxygens (including phenoxy) is 1. The Balaban J connectivity index is 1.70. The van der Waals surface area contributed by atoms with Crippen LogP contribution in [0.25, 0.3) is 11.3 Å². The van der Waals surface area contributed by atoms with Crippen molar-refractivity contribution in [1.82, 2.24) is 14.8 Å². The van der Waals surface area contributed by atoms with Crippen LogP contribution in [-0.4, -0.2) is 87.8 Å². The number of aliphatic hydroxyl groups excluding tert-OH is 1. The molecule has 0 saturated carbocycles. The van der Waals surface area contributed by atoms with Gasteiger partial charge in [0.1, 0.15) is 40.3 Å². The van der Waals surface area contributed by atoms with Gasteiger partial charge in [-0.3, -0.25) is 9.59 Å². The molecule has 2 N–H and O–H groups in total. The number of hydrogen-bond donors (Lipinski definition) is 2. The van der Waals surface area contributed by atoms with Gasteiger partial charge in [0.2, 0.25) is 5.91 Å². The number of aromatic hydroxyl groups is 1. The molecule has 2 amide bonds. The molecule has 0 bridgehead atoms. The van der Waals surface area contributed by atoms with E-state index in [9.17, 15) is 24.2 Å². The second kappa shape index (κ2) is 9.50. The average molecular weight is 531 g/mol. The number of fused-ring (bicyclic) bond motifs is 2. The van der Waals surface area contributed by atoms with E-state index in [0.29, 0.717) is 19.5 Å². The van der Waals surface area contributed by atoms with Crippen LogP contribution in [-0.2, 0) is 4.79 Å². The molecular weight excluding hydrogens is 503 g/mol. The van der Waals surface area contributed by atoms with Crippen molar-refractivity contribution in [2.45, 2.75) is 31.3 Å². The number of hydrogen-bond acceptors (Lipinski definition) is 7. The van der Waals surface area contributed by atoms with E-state index in [1.54, 1.807) is 9.80 Å². The van der Waals surface area contributed by atoms with E-state index >= 15 is 0 Å². The zero-order valence-electron chi connectivity index (χ0n) is 20.4. The fraction of sp³-hybridized carbons (Fsp3) is 0.423. The second-order valence-electron chi connectivity index (χ2n) is 9.80. The third-order valence-electron chi connectivity index (χ3n) is 7.51. The summed E-state index contributed by atoms with van der Waals surface area (Å²) in [5, 5.41) is 20.6. The Bertz CT molecular complexity index is 1270. The average Bonchev–Trinajstić information content (AvgIpc) is 3.22. The van der Waals surface area contributed by atoms with E-state index in [0.717, 1.165) is 6.42 Å². The van der Waals surface area contributed by atoms with Crippen LogP contribution in [0, 0.1) is 5.82 Å². The summed E-state index contributed by atoms with van der Waals surface area (Å²) >= 11 is 6.74. The van der Waals surface area contributed by atoms with E-state index < -0.39 is 17.4 Å². The molecule has 2 saturated heterocycles. The minimum atomic E-state index is -0.734. The standard InChI is InChI=1S/C26H28ClFN4O5/c1-3-18(35)30-10-11-31-15(12-30)13-37-23-20(25(31)36)24(32-9-5-8-26(32,2)14-33)29-22(21(23)27)19-16(28)6-4-7-17(19)34/h3-4,6-7,15,33-34H,1,5,8-14H2,2H3/t15?,26-/m0/s1. The number of piperazine rings is 1. The molecule has 196 valence electrons. The number of carbonyl (C=O) groups is 2. The first-order chi connectivity index (χ1) is 17.7. The van der Waals surface area contributed by atoms with Gasteiger partial charge in [-0.1, -0.05) is 24.2 Å². The highest BCUT2D eigenvalue weighted by Crippen LogP contribution is 2.48. The quantitative estimate of drug-likeness (QED) is 0.585. The Morgan fingerprint density at radius 1 is 1.35 bits per heavy atom. The number of nitrogens with zero attached hydrogens (tertiary/aromatic N) is 4. The fourth-order valence-electron chi connectivity index (χ4n) is 5.43. The summed E-state index contributed by atoms with van der Waals surface area (Å²) < 4.78 is 21.1. The van der Waals surface area contributed by atoms with Crippen LogP contribution in [0.3, 0.4) is 0 Å². The van der Waals surface area contributed by atoms with E-state index in [2.05, 4.69) is 11.6 Å². The molecule has 4 heterocycles. The van der Waals surface area contributed by atoms with Gasteiger partial charge in [-0.2, -0.15) is 0 Å². The van der Waals surface area contributed by atoms with Gasteiger partial charge in [-0.15, -0.1) is 0 Å². The lowest BCUT2D eigenvalue weighted by molar-refractivity contribution is -0.128. The summed E-state index contributed by atoms with van der Waals surface area (Å²) in [6.45, 7) is 6.62. The molecule has 0 aliphatic carbocycles. The molecule has 11 heteroatoms. The highest BCUT2D eigenvalue weighted by molar-refractivity contribution is 6.35. The predicted octanol–water partition coefficient (Wildman–Crippen LogP) is 2.83. The number of phenols is 1. The van der Waals surface area contributed by atoms with Crippen molar-refractivity contribution in [1.29, 1.82) is 0 Å². The summed E-state index contributed by atoms with van der Waals surface area (Å²) in [5.74, 6) is -1.45. The molecular formula is C26H28ClFN4O5. The van der Waals surface area contributed by atoms with Gasteiger partial charge in [0.25, 0.3) is 5.91 Å². The number of anilines is 1. The molecule has 0 spiro atoms. The molecule has 2 atom stereocenters. The number of phenolic OH excluding ortho intramolecular Hbond substituents is 1. The van der Waals surface area contributed by atoms with Crippen molar-refractivity contribution in [3.63, 3.8) is 0 Å². The predicted molar refractivity (Wildman–Crippen MR) is 135 cm³/mol. The second-order valence-corrected chi connectivity index (χ2v) is 10.2. The van der Waals surface area contributed by atoms with Crippen LogP contribution in [0.5, 0.6) is 11.5 Å². The summed E-state index contributed by atoms with van der Waals surface area (Å²) in [4.78, 5) is 36.0. The fourth-order valence-corrected chi connectivity index (χ4v) is 5.72. The number of halogens is 2. The van der Waals surface area contributed by atoms with Crippen molar-refractivity contribution in [2.24, 2.45) is 0 Å². The largest absolute Gasteiger partial charge is 0.507 e. The Kier molecular flexibility index (Phi) is 6.49. The molecule has 2 aromatic rings. The number of benzene rings is 1. The maximum atomic E-state index is 15.0. The third-order valence-corrected chi connectivity index (χ3v) is 7.86. The van der Waals surface area contributed by atoms with Gasteiger partial charge in [0, 0.05) is 26.2 Å². The molecule has 1 aromatic heterocycles. The van der Waals surface area contributed by atoms with Crippen molar-refractivity contribution in [3.8, 4) is 22.8 Å². The number of carbonyl (C=O) groups excluding carboxylic acids is 2. The first kappa shape index (κ1) is 25.3. The van der Waals surface area contributed by atoms with Crippen LogP contribution >= 0.6 is 11.6 Å².